The van der Waals surface area contributed by atoms with E-state index in [1.165, 1.54) is 5.56 Å². The Morgan fingerprint density at radius 1 is 1.19 bits per heavy atom. The number of rotatable bonds is 8. The van der Waals surface area contributed by atoms with E-state index in [1.54, 1.807) is 0 Å². The zero-order chi connectivity index (χ0) is 18.4. The van der Waals surface area contributed by atoms with Crippen LogP contribution in [0.3, 0.4) is 0 Å². The van der Waals surface area contributed by atoms with E-state index in [0.29, 0.717) is 11.6 Å². The molecular formula is C21H25ClN2O2. The fourth-order valence-corrected chi connectivity index (χ4v) is 3.23. The first kappa shape index (κ1) is 18.9. The summed E-state index contributed by atoms with van der Waals surface area (Å²) >= 11 is 5.95. The van der Waals surface area contributed by atoms with Gasteiger partial charge in [-0.1, -0.05) is 66.1 Å². The third kappa shape index (κ3) is 5.31. The van der Waals surface area contributed by atoms with Crippen molar-refractivity contribution in [3.8, 4) is 0 Å². The second kappa shape index (κ2) is 9.17. The van der Waals surface area contributed by atoms with Gasteiger partial charge in [0.05, 0.1) is 11.8 Å². The first-order chi connectivity index (χ1) is 12.6. The number of benzene rings is 2. The van der Waals surface area contributed by atoms with Gasteiger partial charge in [-0.2, -0.15) is 0 Å². The van der Waals surface area contributed by atoms with Crippen molar-refractivity contribution < 1.29 is 9.94 Å². The summed E-state index contributed by atoms with van der Waals surface area (Å²) in [5, 5.41) is 15.1. The molecule has 2 unspecified atom stereocenters. The highest BCUT2D eigenvalue weighted by Crippen LogP contribution is 2.20. The lowest BCUT2D eigenvalue weighted by Gasteiger charge is -2.26. The molecule has 0 bridgehead atoms. The molecule has 0 radical (unpaired) electrons. The number of hydrogen-bond acceptors (Lipinski definition) is 4. The summed E-state index contributed by atoms with van der Waals surface area (Å²) in [6.07, 6.45) is 1.16. The van der Waals surface area contributed by atoms with Crippen LogP contribution in [-0.4, -0.2) is 41.0 Å². The standard InChI is InChI=1S/C21H25ClN2O2/c1-2-19(25)14-24(13-16-6-4-3-5-7-16)15-20-12-21(23-26-20)17-8-10-18(22)11-9-17/h3-11,19-20,25H,2,12-15H2,1H3. The van der Waals surface area contributed by atoms with E-state index in [-0.39, 0.29) is 12.2 Å². The summed E-state index contributed by atoms with van der Waals surface area (Å²) in [7, 11) is 0. The lowest BCUT2D eigenvalue weighted by atomic mass is 10.0. The van der Waals surface area contributed by atoms with Gasteiger partial charge in [0.25, 0.3) is 0 Å². The average Bonchev–Trinajstić information content (AvgIpc) is 3.11. The van der Waals surface area contributed by atoms with Crippen LogP contribution in [0.4, 0.5) is 0 Å². The molecule has 2 aromatic carbocycles. The minimum atomic E-state index is -0.336. The maximum absolute atomic E-state index is 10.1. The minimum Gasteiger partial charge on any atom is -0.392 e. The van der Waals surface area contributed by atoms with E-state index in [0.717, 1.165) is 37.2 Å². The van der Waals surface area contributed by atoms with Crippen LogP contribution >= 0.6 is 11.6 Å². The second-order valence-electron chi connectivity index (χ2n) is 6.72. The number of aliphatic hydroxyl groups excluding tert-OH is 1. The van der Waals surface area contributed by atoms with E-state index >= 15 is 0 Å². The molecule has 0 spiro atoms. The van der Waals surface area contributed by atoms with Crippen molar-refractivity contribution in [1.82, 2.24) is 4.90 Å². The molecule has 0 aromatic heterocycles. The first-order valence-corrected chi connectivity index (χ1v) is 9.44. The smallest absolute Gasteiger partial charge is 0.145 e. The van der Waals surface area contributed by atoms with Crippen molar-refractivity contribution in [2.75, 3.05) is 13.1 Å². The van der Waals surface area contributed by atoms with Crippen LogP contribution in [-0.2, 0) is 11.4 Å². The molecule has 1 aliphatic heterocycles. The molecule has 0 aliphatic carbocycles. The van der Waals surface area contributed by atoms with Crippen LogP contribution < -0.4 is 0 Å². The molecule has 5 heteroatoms. The summed E-state index contributed by atoms with van der Waals surface area (Å²) < 4.78 is 0. The van der Waals surface area contributed by atoms with Gasteiger partial charge < -0.3 is 9.94 Å². The van der Waals surface area contributed by atoms with Crippen molar-refractivity contribution >= 4 is 17.3 Å². The Kier molecular flexibility index (Phi) is 6.67. The highest BCUT2D eigenvalue weighted by molar-refractivity contribution is 6.30. The number of nitrogens with zero attached hydrogens (tertiary/aromatic N) is 2. The third-order valence-electron chi connectivity index (χ3n) is 4.56. The van der Waals surface area contributed by atoms with E-state index in [4.69, 9.17) is 16.4 Å². The van der Waals surface area contributed by atoms with Crippen molar-refractivity contribution in [3.63, 3.8) is 0 Å². The van der Waals surface area contributed by atoms with Gasteiger partial charge in [0, 0.05) is 31.1 Å². The molecule has 138 valence electrons. The van der Waals surface area contributed by atoms with Gasteiger partial charge in [0.2, 0.25) is 0 Å². The van der Waals surface area contributed by atoms with Gasteiger partial charge in [-0.15, -0.1) is 0 Å². The molecule has 2 aromatic rings. The van der Waals surface area contributed by atoms with E-state index in [9.17, 15) is 5.11 Å². The van der Waals surface area contributed by atoms with Gasteiger partial charge >= 0.3 is 0 Å². The Labute approximate surface area is 160 Å². The second-order valence-corrected chi connectivity index (χ2v) is 7.15. The number of aliphatic hydroxyl groups is 1. The van der Waals surface area contributed by atoms with Gasteiger partial charge in [-0.05, 0) is 29.7 Å². The predicted molar refractivity (Wildman–Crippen MR) is 105 cm³/mol. The topological polar surface area (TPSA) is 45.1 Å². The largest absolute Gasteiger partial charge is 0.392 e. The Morgan fingerprint density at radius 2 is 1.92 bits per heavy atom. The van der Waals surface area contributed by atoms with Crippen LogP contribution in [0, 0.1) is 0 Å². The van der Waals surface area contributed by atoms with Gasteiger partial charge in [-0.25, -0.2) is 0 Å². The van der Waals surface area contributed by atoms with Crippen LogP contribution in [0.25, 0.3) is 0 Å². The van der Waals surface area contributed by atoms with Crippen LogP contribution in [0.2, 0.25) is 5.02 Å². The molecule has 0 amide bonds. The van der Waals surface area contributed by atoms with E-state index in [2.05, 4.69) is 22.2 Å². The zero-order valence-corrected chi connectivity index (χ0v) is 15.8. The molecule has 1 heterocycles. The monoisotopic (exact) mass is 372 g/mol. The third-order valence-corrected chi connectivity index (χ3v) is 4.81. The number of halogens is 1. The number of hydrogen-bond donors (Lipinski definition) is 1. The first-order valence-electron chi connectivity index (χ1n) is 9.07. The maximum atomic E-state index is 10.1. The highest BCUT2D eigenvalue weighted by Gasteiger charge is 2.25. The Balaban J connectivity index is 1.61. The normalized spacial score (nSPS) is 17.8. The summed E-state index contributed by atoms with van der Waals surface area (Å²) in [5.41, 5.74) is 3.22. The molecule has 0 saturated heterocycles. The summed E-state index contributed by atoms with van der Waals surface area (Å²) in [6, 6.07) is 18.0. The average molecular weight is 373 g/mol. The van der Waals surface area contributed by atoms with E-state index in [1.807, 2.05) is 49.4 Å². The molecule has 2 atom stereocenters. The van der Waals surface area contributed by atoms with Gasteiger partial charge in [0.15, 0.2) is 0 Å². The Bertz CT molecular complexity index is 719. The molecule has 4 nitrogen and oxygen atoms in total. The lowest BCUT2D eigenvalue weighted by molar-refractivity contribution is 0.0315. The summed E-state index contributed by atoms with van der Waals surface area (Å²) in [5.74, 6) is 0. The fourth-order valence-electron chi connectivity index (χ4n) is 3.10. The SMILES string of the molecule is CCC(O)CN(Cc1ccccc1)CC1CC(c2ccc(Cl)cc2)=NO1. The molecule has 26 heavy (non-hydrogen) atoms. The molecule has 1 N–H and O–H groups in total. The van der Waals surface area contributed by atoms with Crippen molar-refractivity contribution in [2.24, 2.45) is 5.16 Å². The van der Waals surface area contributed by atoms with Crippen LogP contribution in [0.1, 0.15) is 30.9 Å². The van der Waals surface area contributed by atoms with Crippen molar-refractivity contribution in [2.45, 2.75) is 38.5 Å². The fraction of sp³-hybridized carbons (Fsp3) is 0.381. The van der Waals surface area contributed by atoms with Gasteiger partial charge in [-0.3, -0.25) is 4.90 Å². The molecule has 0 fully saturated rings. The Hall–Kier alpha value is -1.88. The minimum absolute atomic E-state index is 0.00607. The zero-order valence-electron chi connectivity index (χ0n) is 15.0. The van der Waals surface area contributed by atoms with Crippen LogP contribution in [0.15, 0.2) is 59.8 Å². The highest BCUT2D eigenvalue weighted by atomic mass is 35.5. The lowest BCUT2D eigenvalue weighted by Crippen LogP contribution is -2.37. The molecule has 3 rings (SSSR count). The van der Waals surface area contributed by atoms with Crippen molar-refractivity contribution in [3.05, 3.63) is 70.7 Å². The molecule has 0 saturated carbocycles. The Morgan fingerprint density at radius 3 is 2.62 bits per heavy atom. The quantitative estimate of drug-likeness (QED) is 0.758. The predicted octanol–water partition coefficient (Wildman–Crippen LogP) is 4.11. The van der Waals surface area contributed by atoms with Crippen molar-refractivity contribution in [1.29, 1.82) is 0 Å². The maximum Gasteiger partial charge on any atom is 0.145 e. The van der Waals surface area contributed by atoms with Crippen LogP contribution in [0.5, 0.6) is 0 Å². The molecular weight excluding hydrogens is 348 g/mol. The van der Waals surface area contributed by atoms with E-state index < -0.39 is 0 Å². The van der Waals surface area contributed by atoms with Gasteiger partial charge in [0.1, 0.15) is 6.10 Å². The molecule has 1 aliphatic rings. The summed E-state index contributed by atoms with van der Waals surface area (Å²) in [4.78, 5) is 7.91. The summed E-state index contributed by atoms with van der Waals surface area (Å²) in [6.45, 7) is 4.14. The number of oxime groups is 1.